The minimum atomic E-state index is -1.85. The van der Waals surface area contributed by atoms with Crippen LogP contribution in [0.3, 0.4) is 0 Å². The van der Waals surface area contributed by atoms with Crippen LogP contribution in [0.2, 0.25) is 0 Å². The van der Waals surface area contributed by atoms with E-state index in [-0.39, 0.29) is 37.4 Å². The second-order valence-corrected chi connectivity index (χ2v) is 25.3. The normalized spacial score (nSPS) is 56.5. The van der Waals surface area contributed by atoms with E-state index in [1.807, 2.05) is 13.8 Å². The summed E-state index contributed by atoms with van der Waals surface area (Å²) in [4.78, 5) is 15.3. The molecular weight excluding hydrogens is 1000 g/mol. The first kappa shape index (κ1) is 59.0. The Balaban J connectivity index is 0.983. The number of aliphatic hydroxyl groups is 14. The van der Waals surface area contributed by atoms with Crippen molar-refractivity contribution in [3.8, 4) is 0 Å². The van der Waals surface area contributed by atoms with Crippen LogP contribution in [0, 0.1) is 50.7 Å². The Morgan fingerprint density at radius 3 is 1.84 bits per heavy atom. The first-order valence-corrected chi connectivity index (χ1v) is 27.4. The Morgan fingerprint density at radius 1 is 0.618 bits per heavy atom. The zero-order valence-electron chi connectivity index (χ0n) is 44.6. The molecule has 30 unspecified atom stereocenters. The summed E-state index contributed by atoms with van der Waals surface area (Å²) in [5, 5.41) is 152. The van der Waals surface area contributed by atoms with Crippen LogP contribution in [-0.2, 0) is 42.7 Å². The van der Waals surface area contributed by atoms with Crippen molar-refractivity contribution >= 4 is 5.97 Å². The summed E-state index contributed by atoms with van der Waals surface area (Å²) < 4.78 is 48.1. The predicted molar refractivity (Wildman–Crippen MR) is 258 cm³/mol. The lowest BCUT2D eigenvalue weighted by atomic mass is 9.33. The minimum Gasteiger partial charge on any atom is -0.432 e. The van der Waals surface area contributed by atoms with Gasteiger partial charge < -0.3 is 109 Å². The van der Waals surface area contributed by atoms with Gasteiger partial charge in [-0.2, -0.15) is 0 Å². The summed E-state index contributed by atoms with van der Waals surface area (Å²) in [7, 11) is 0. The van der Waals surface area contributed by atoms with Crippen molar-refractivity contribution in [2.24, 2.45) is 50.7 Å². The quantitative estimate of drug-likeness (QED) is 0.0581. The number of aliphatic hydroxyl groups excluding tert-OH is 13. The monoisotopic (exact) mass is 1090 g/mol. The zero-order chi connectivity index (χ0) is 55.6. The smallest absolute Gasteiger partial charge is 0.315 e. The molecule has 0 aromatic carbocycles. The zero-order valence-corrected chi connectivity index (χ0v) is 44.6. The molecule has 23 heteroatoms. The van der Waals surface area contributed by atoms with E-state index in [0.717, 1.165) is 5.57 Å². The highest BCUT2D eigenvalue weighted by molar-refractivity contribution is 5.79. The molecule has 0 amide bonds. The third kappa shape index (κ3) is 9.09. The topological polar surface area (TPSA) is 374 Å². The Kier molecular flexibility index (Phi) is 16.5. The fraction of sp³-hybridized carbons (Fsp3) is 0.943. The summed E-state index contributed by atoms with van der Waals surface area (Å²) >= 11 is 0. The molecule has 9 aliphatic rings. The highest BCUT2D eigenvalue weighted by Crippen LogP contribution is 2.76. The van der Waals surface area contributed by atoms with E-state index in [0.29, 0.717) is 51.4 Å². The molecule has 23 nitrogen and oxygen atoms in total. The maximum atomic E-state index is 15.3. The second-order valence-electron chi connectivity index (χ2n) is 25.3. The fourth-order valence-electron chi connectivity index (χ4n) is 16.4. The van der Waals surface area contributed by atoms with Crippen LogP contribution in [0.25, 0.3) is 0 Å². The van der Waals surface area contributed by atoms with Crippen molar-refractivity contribution in [3.63, 3.8) is 0 Å². The number of carbonyl (C=O) groups is 1. The van der Waals surface area contributed by atoms with Crippen LogP contribution in [0.15, 0.2) is 11.6 Å². The van der Waals surface area contributed by atoms with Gasteiger partial charge in [0.2, 0.25) is 6.29 Å². The number of hydrogen-bond donors (Lipinski definition) is 14. The van der Waals surface area contributed by atoms with E-state index in [9.17, 15) is 71.5 Å². The van der Waals surface area contributed by atoms with E-state index >= 15 is 4.79 Å². The fourth-order valence-corrected chi connectivity index (χ4v) is 16.4. The SMILES string of the molecule is CC1OC(OC2C(OC(=O)C34CCC(C)C(C)(O)C3C3=CCC5C6(C)CCC(OC7OCC(O)C(O)C7OC7OC(CO)C(O)C(O)C7O)C(C)(CO)C6CCC5(C)C3(C)CC4)OC(CO)C(O)C2O)C(O)C(O)C1O. The minimum absolute atomic E-state index is 0.0338. The molecule has 0 spiro atoms. The van der Waals surface area contributed by atoms with Crippen molar-refractivity contribution in [2.45, 2.75) is 235 Å². The predicted octanol–water partition coefficient (Wildman–Crippen LogP) is -2.43. The van der Waals surface area contributed by atoms with Gasteiger partial charge in [-0.25, -0.2) is 0 Å². The van der Waals surface area contributed by atoms with E-state index in [1.54, 1.807) is 6.92 Å². The van der Waals surface area contributed by atoms with Crippen LogP contribution in [0.4, 0.5) is 0 Å². The van der Waals surface area contributed by atoms with Gasteiger partial charge in [0.1, 0.15) is 79.4 Å². The molecular formula is C53H86O23. The van der Waals surface area contributed by atoms with E-state index in [1.165, 1.54) is 6.92 Å². The van der Waals surface area contributed by atoms with Gasteiger partial charge in [0, 0.05) is 11.3 Å². The summed E-state index contributed by atoms with van der Waals surface area (Å²) in [5.41, 5.74) is -4.10. The number of hydrogen-bond acceptors (Lipinski definition) is 23. The van der Waals surface area contributed by atoms with Gasteiger partial charge in [0.25, 0.3) is 0 Å². The molecule has 5 aliphatic carbocycles. The third-order valence-corrected chi connectivity index (χ3v) is 21.6. The molecule has 14 N–H and O–H groups in total. The van der Waals surface area contributed by atoms with Gasteiger partial charge in [-0.15, -0.1) is 0 Å². The van der Waals surface area contributed by atoms with Crippen LogP contribution < -0.4 is 0 Å². The standard InChI is InChI=1S/C53H86O23/c1-22-10-15-53(47(67)76-46-41(37(64)34(61)27(19-55)72-46)75-43-38(65)35(62)31(58)23(2)70-43)17-16-50(5)24(42(53)52(22,7)68)8-9-29-48(3)13-12-30(49(4,21-56)28(48)11-14-51(29,50)6)73-45-40(32(59)25(57)20-69-45)74-44-39(66)36(63)33(60)26(18-54)71-44/h8,22-23,25-46,54-66,68H,9-21H2,1-7H3. The first-order valence-electron chi connectivity index (χ1n) is 27.4. The molecule has 8 fully saturated rings. The molecule has 9 rings (SSSR count). The molecule has 4 saturated carbocycles. The van der Waals surface area contributed by atoms with Crippen LogP contribution >= 0.6 is 0 Å². The van der Waals surface area contributed by atoms with Gasteiger partial charge in [-0.3, -0.25) is 4.79 Å². The molecule has 30 atom stereocenters. The van der Waals surface area contributed by atoms with E-state index < -0.39 is 181 Å². The highest BCUT2D eigenvalue weighted by atomic mass is 16.8. The molecule has 76 heavy (non-hydrogen) atoms. The molecule has 0 aromatic heterocycles. The molecule has 4 heterocycles. The Bertz CT molecular complexity index is 2100. The number of allylic oxidation sites excluding steroid dienone is 1. The second kappa shape index (κ2) is 21.3. The summed E-state index contributed by atoms with van der Waals surface area (Å²) in [6.07, 6.45) is -24.1. The highest BCUT2D eigenvalue weighted by Gasteiger charge is 2.73. The van der Waals surface area contributed by atoms with Gasteiger partial charge in [0.05, 0.1) is 49.7 Å². The van der Waals surface area contributed by atoms with Gasteiger partial charge in [-0.1, -0.05) is 46.3 Å². The van der Waals surface area contributed by atoms with Crippen molar-refractivity contribution in [3.05, 3.63) is 11.6 Å². The van der Waals surface area contributed by atoms with Gasteiger partial charge in [0.15, 0.2) is 25.0 Å². The largest absolute Gasteiger partial charge is 0.432 e. The Labute approximate surface area is 442 Å². The Morgan fingerprint density at radius 2 is 1.21 bits per heavy atom. The molecule has 0 aromatic rings. The Hall–Kier alpha value is -1.63. The number of ether oxygens (including phenoxy) is 8. The number of fused-ring (bicyclic) bond motifs is 7. The van der Waals surface area contributed by atoms with Crippen LogP contribution in [-0.4, -0.2) is 232 Å². The van der Waals surface area contributed by atoms with Crippen LogP contribution in [0.1, 0.15) is 106 Å². The van der Waals surface area contributed by atoms with Crippen molar-refractivity contribution < 1.29 is 114 Å². The maximum Gasteiger partial charge on any atom is 0.315 e. The number of rotatable bonds is 11. The lowest BCUT2D eigenvalue weighted by Crippen LogP contribution is -2.69. The van der Waals surface area contributed by atoms with Crippen molar-refractivity contribution in [1.82, 2.24) is 0 Å². The van der Waals surface area contributed by atoms with Crippen LogP contribution in [0.5, 0.6) is 0 Å². The van der Waals surface area contributed by atoms with Gasteiger partial charge in [-0.05, 0) is 106 Å². The van der Waals surface area contributed by atoms with Gasteiger partial charge >= 0.3 is 5.97 Å². The molecule has 4 saturated heterocycles. The number of esters is 1. The summed E-state index contributed by atoms with van der Waals surface area (Å²) in [6, 6.07) is 0. The molecule has 0 radical (unpaired) electrons. The lowest BCUT2D eigenvalue weighted by molar-refractivity contribution is -0.368. The molecule has 4 aliphatic heterocycles. The average molecular weight is 1090 g/mol. The lowest BCUT2D eigenvalue weighted by Gasteiger charge is -2.72. The average Bonchev–Trinajstić information content (AvgIpc) is 3.58. The first-order chi connectivity index (χ1) is 35.6. The summed E-state index contributed by atoms with van der Waals surface area (Å²) in [5.74, 6) is -1.86. The van der Waals surface area contributed by atoms with E-state index in [2.05, 4.69) is 26.8 Å². The third-order valence-electron chi connectivity index (χ3n) is 21.6. The van der Waals surface area contributed by atoms with E-state index in [4.69, 9.17) is 37.9 Å². The molecule has 436 valence electrons. The molecule has 0 bridgehead atoms. The van der Waals surface area contributed by atoms with Crippen molar-refractivity contribution in [2.75, 3.05) is 26.4 Å². The number of carbonyl (C=O) groups excluding carboxylic acids is 1. The maximum absolute atomic E-state index is 15.3. The van der Waals surface area contributed by atoms with Crippen molar-refractivity contribution in [1.29, 1.82) is 0 Å². The summed E-state index contributed by atoms with van der Waals surface area (Å²) in [6.45, 7) is 11.8.